The summed E-state index contributed by atoms with van der Waals surface area (Å²) >= 11 is 0. The van der Waals surface area contributed by atoms with Gasteiger partial charge in [0, 0.05) is 13.1 Å². The van der Waals surface area contributed by atoms with Crippen LogP contribution in [0.25, 0.3) is 0 Å². The van der Waals surface area contributed by atoms with Gasteiger partial charge in [0.25, 0.3) is 6.43 Å². The fourth-order valence-corrected chi connectivity index (χ4v) is 4.72. The number of benzene rings is 2. The second-order valence-electron chi connectivity index (χ2n) is 6.75. The summed E-state index contributed by atoms with van der Waals surface area (Å²) in [5, 5.41) is -1.80. The minimum Gasteiger partial charge on any atom is -0.497 e. The Balaban J connectivity index is 2.37. The molecule has 0 fully saturated rings. The monoisotopic (exact) mass is 439 g/mol. The van der Waals surface area contributed by atoms with Crippen LogP contribution in [-0.2, 0) is 23.1 Å². The molecule has 0 N–H and O–H groups in total. The zero-order valence-corrected chi connectivity index (χ0v) is 17.9. The maximum Gasteiger partial charge on any atom is 0.256 e. The van der Waals surface area contributed by atoms with Crippen molar-refractivity contribution in [2.24, 2.45) is 0 Å². The molecule has 0 amide bonds. The quantitative estimate of drug-likeness (QED) is 0.452. The zero-order chi connectivity index (χ0) is 22.1. The maximum absolute atomic E-state index is 13.7. The molecule has 0 aliphatic rings. The summed E-state index contributed by atoms with van der Waals surface area (Å²) in [7, 11) is -1.23. The van der Waals surface area contributed by atoms with E-state index < -0.39 is 21.7 Å². The highest BCUT2D eigenvalue weighted by Crippen LogP contribution is 2.26. The van der Waals surface area contributed by atoms with E-state index in [-0.39, 0.29) is 25.9 Å². The third-order valence-electron chi connectivity index (χ3n) is 4.71. The van der Waals surface area contributed by atoms with Crippen LogP contribution in [0.3, 0.4) is 0 Å². The Bertz CT molecular complexity index is 850. The Kier molecular flexibility index (Phi) is 8.80. The van der Waals surface area contributed by atoms with E-state index in [1.807, 2.05) is 0 Å². The van der Waals surface area contributed by atoms with Crippen LogP contribution >= 0.6 is 0 Å². The zero-order valence-electron chi connectivity index (χ0n) is 17.1. The molecule has 2 rings (SSSR count). The second-order valence-corrected chi connectivity index (χ2v) is 8.90. The molecule has 5 nitrogen and oxygen atoms in total. The van der Waals surface area contributed by atoms with Gasteiger partial charge in [0.05, 0.1) is 14.2 Å². The molecule has 1 unspecified atom stereocenters. The van der Waals surface area contributed by atoms with Gasteiger partial charge in [-0.15, -0.1) is 6.58 Å². The van der Waals surface area contributed by atoms with Crippen LogP contribution in [0.5, 0.6) is 11.5 Å². The lowest BCUT2D eigenvalue weighted by molar-refractivity contribution is 0.135. The predicted molar refractivity (Wildman–Crippen MR) is 113 cm³/mol. The molecular weight excluding hydrogens is 412 g/mol. The van der Waals surface area contributed by atoms with Crippen LogP contribution in [0.1, 0.15) is 24.0 Å². The van der Waals surface area contributed by atoms with Crippen molar-refractivity contribution >= 4 is 10.0 Å². The van der Waals surface area contributed by atoms with Gasteiger partial charge in [-0.2, -0.15) is 4.31 Å². The molecule has 2 aromatic rings. The topological polar surface area (TPSA) is 55.8 Å². The summed E-state index contributed by atoms with van der Waals surface area (Å²) in [4.78, 5) is 0. The summed E-state index contributed by atoms with van der Waals surface area (Å²) < 4.78 is 65.1. The maximum atomic E-state index is 13.7. The number of allylic oxidation sites excluding steroid dienone is 1. The van der Waals surface area contributed by atoms with Crippen molar-refractivity contribution in [2.75, 3.05) is 14.2 Å². The molecule has 164 valence electrons. The SMILES string of the molecule is C=CCCC(C(F)F)S(=O)(=O)N(Cc1ccc(OC)cc1)Cc1ccc(OC)cc1. The molecule has 0 saturated heterocycles. The predicted octanol–water partition coefficient (Wildman–Crippen LogP) is 4.64. The van der Waals surface area contributed by atoms with Crippen molar-refractivity contribution in [1.29, 1.82) is 0 Å². The van der Waals surface area contributed by atoms with E-state index >= 15 is 0 Å². The number of sulfonamides is 1. The second kappa shape index (κ2) is 11.1. The van der Waals surface area contributed by atoms with Gasteiger partial charge >= 0.3 is 0 Å². The van der Waals surface area contributed by atoms with Gasteiger partial charge < -0.3 is 9.47 Å². The first kappa shape index (κ1) is 23.8. The number of nitrogens with zero attached hydrogens (tertiary/aromatic N) is 1. The highest BCUT2D eigenvalue weighted by molar-refractivity contribution is 7.89. The van der Waals surface area contributed by atoms with Crippen molar-refractivity contribution in [1.82, 2.24) is 4.31 Å². The van der Waals surface area contributed by atoms with E-state index in [0.717, 1.165) is 4.31 Å². The smallest absolute Gasteiger partial charge is 0.256 e. The average molecular weight is 440 g/mol. The Labute approximate surface area is 177 Å². The Morgan fingerprint density at radius 2 is 1.37 bits per heavy atom. The molecule has 0 aliphatic carbocycles. The van der Waals surface area contributed by atoms with Gasteiger partial charge in [0.2, 0.25) is 10.0 Å². The van der Waals surface area contributed by atoms with E-state index in [9.17, 15) is 17.2 Å². The number of hydrogen-bond acceptors (Lipinski definition) is 4. The van der Waals surface area contributed by atoms with Crippen molar-refractivity contribution in [2.45, 2.75) is 37.6 Å². The van der Waals surface area contributed by atoms with Crippen LogP contribution < -0.4 is 9.47 Å². The number of alkyl halides is 2. The first-order chi connectivity index (χ1) is 14.3. The molecule has 0 aliphatic heterocycles. The van der Waals surface area contributed by atoms with E-state index in [1.54, 1.807) is 48.5 Å². The molecule has 30 heavy (non-hydrogen) atoms. The van der Waals surface area contributed by atoms with E-state index in [1.165, 1.54) is 20.3 Å². The van der Waals surface area contributed by atoms with E-state index in [2.05, 4.69) is 6.58 Å². The van der Waals surface area contributed by atoms with Crippen molar-refractivity contribution in [3.63, 3.8) is 0 Å². The molecule has 8 heteroatoms. The molecule has 0 saturated carbocycles. The fraction of sp³-hybridized carbons (Fsp3) is 0.364. The third kappa shape index (κ3) is 6.27. The van der Waals surface area contributed by atoms with Crippen LogP contribution in [0.2, 0.25) is 0 Å². The van der Waals surface area contributed by atoms with E-state index in [4.69, 9.17) is 9.47 Å². The fourth-order valence-electron chi connectivity index (χ4n) is 2.98. The molecule has 0 bridgehead atoms. The average Bonchev–Trinajstić information content (AvgIpc) is 2.74. The van der Waals surface area contributed by atoms with Gasteiger partial charge in [-0.1, -0.05) is 30.3 Å². The first-order valence-electron chi connectivity index (χ1n) is 9.45. The molecule has 0 spiro atoms. The summed E-state index contributed by atoms with van der Waals surface area (Å²) in [6.45, 7) is 3.45. The van der Waals surface area contributed by atoms with E-state index in [0.29, 0.717) is 22.6 Å². The molecular formula is C22H27F2NO4S. The van der Waals surface area contributed by atoms with Gasteiger partial charge in [0.1, 0.15) is 16.7 Å². The Morgan fingerprint density at radius 3 is 1.70 bits per heavy atom. The molecule has 2 aromatic carbocycles. The number of halogens is 2. The van der Waals surface area contributed by atoms with Crippen LogP contribution in [-0.4, -0.2) is 38.6 Å². The minimum absolute atomic E-state index is 0.0321. The van der Waals surface area contributed by atoms with Gasteiger partial charge in [-0.25, -0.2) is 17.2 Å². The number of ether oxygens (including phenoxy) is 2. The standard InChI is InChI=1S/C22H27F2NO4S/c1-4-5-6-21(22(23)24)30(26,27)25(15-17-7-11-19(28-2)12-8-17)16-18-9-13-20(29-3)14-10-18/h4,7-14,21-22H,1,5-6,15-16H2,2-3H3. The lowest BCUT2D eigenvalue weighted by atomic mass is 10.2. The largest absolute Gasteiger partial charge is 0.497 e. The first-order valence-corrected chi connectivity index (χ1v) is 11.0. The molecule has 0 heterocycles. The van der Waals surface area contributed by atoms with Gasteiger partial charge in [0.15, 0.2) is 0 Å². The lowest BCUT2D eigenvalue weighted by Gasteiger charge is -2.27. The number of methoxy groups -OCH3 is 2. The Morgan fingerprint density at radius 1 is 0.933 bits per heavy atom. The molecule has 1 atom stereocenters. The highest BCUT2D eigenvalue weighted by atomic mass is 32.2. The summed E-state index contributed by atoms with van der Waals surface area (Å²) in [5.41, 5.74) is 1.34. The van der Waals surface area contributed by atoms with Crippen molar-refractivity contribution in [3.8, 4) is 11.5 Å². The molecule has 0 radical (unpaired) electrons. The summed E-state index contributed by atoms with van der Waals surface area (Å²) in [6.07, 6.45) is -1.55. The molecule has 0 aromatic heterocycles. The van der Waals surface area contributed by atoms with Gasteiger partial charge in [-0.05, 0) is 48.2 Å². The van der Waals surface area contributed by atoms with Crippen molar-refractivity contribution in [3.05, 3.63) is 72.3 Å². The minimum atomic E-state index is -4.29. The summed E-state index contributed by atoms with van der Waals surface area (Å²) in [6, 6.07) is 13.7. The number of hydrogen-bond donors (Lipinski definition) is 0. The lowest BCUT2D eigenvalue weighted by Crippen LogP contribution is -2.41. The number of rotatable bonds is 12. The van der Waals surface area contributed by atoms with Crippen LogP contribution in [0, 0.1) is 0 Å². The van der Waals surface area contributed by atoms with Gasteiger partial charge in [-0.3, -0.25) is 0 Å². The van der Waals surface area contributed by atoms with Crippen LogP contribution in [0.4, 0.5) is 8.78 Å². The third-order valence-corrected chi connectivity index (χ3v) is 6.90. The normalized spacial score (nSPS) is 12.7. The van der Waals surface area contributed by atoms with Crippen LogP contribution in [0.15, 0.2) is 61.2 Å². The highest BCUT2D eigenvalue weighted by Gasteiger charge is 2.38. The summed E-state index contributed by atoms with van der Waals surface area (Å²) in [5.74, 6) is 1.25. The Hall–Kier alpha value is -2.45. The van der Waals surface area contributed by atoms with Crippen molar-refractivity contribution < 1.29 is 26.7 Å².